The Balaban J connectivity index is 1.53. The van der Waals surface area contributed by atoms with E-state index in [2.05, 4.69) is 14.8 Å². The second-order valence-corrected chi connectivity index (χ2v) is 12.0. The molecule has 1 saturated heterocycles. The van der Waals surface area contributed by atoms with Crippen LogP contribution in [0.2, 0.25) is 0 Å². The van der Waals surface area contributed by atoms with Crippen molar-refractivity contribution >= 4 is 11.9 Å². The Bertz CT molecular complexity index is 1210. The highest BCUT2D eigenvalue weighted by Crippen LogP contribution is 2.49. The van der Waals surface area contributed by atoms with Gasteiger partial charge in [-0.3, -0.25) is 4.79 Å². The van der Waals surface area contributed by atoms with Crippen molar-refractivity contribution < 1.29 is 33.0 Å². The van der Waals surface area contributed by atoms with Crippen LogP contribution in [0.4, 0.5) is 8.78 Å². The SMILES string of the molecule is CC(C)(C)[C@H]1[C@H](NCc2ccc3c(c2)OC(F)(F)O3)[C@H](c2ccccc2)N(C(=O)C2CCCCC2)[C@@H]1C(=O)O. The van der Waals surface area contributed by atoms with Gasteiger partial charge in [-0.25, -0.2) is 4.79 Å². The van der Waals surface area contributed by atoms with Gasteiger partial charge < -0.3 is 24.8 Å². The van der Waals surface area contributed by atoms with E-state index in [4.69, 9.17) is 0 Å². The number of carbonyl (C=O) groups excluding carboxylic acids is 1. The summed E-state index contributed by atoms with van der Waals surface area (Å²) >= 11 is 0. The predicted molar refractivity (Wildman–Crippen MR) is 140 cm³/mol. The van der Waals surface area contributed by atoms with Gasteiger partial charge in [-0.1, -0.05) is 76.4 Å². The van der Waals surface area contributed by atoms with Crippen LogP contribution in [0.1, 0.15) is 70.0 Å². The Morgan fingerprint density at radius 2 is 1.69 bits per heavy atom. The molecule has 2 N–H and O–H groups in total. The number of nitrogens with zero attached hydrogens (tertiary/aromatic N) is 1. The molecule has 1 amide bonds. The summed E-state index contributed by atoms with van der Waals surface area (Å²) in [6.45, 7) is 6.27. The van der Waals surface area contributed by atoms with Crippen LogP contribution in [0, 0.1) is 17.3 Å². The number of fused-ring (bicyclic) bond motifs is 1. The molecular formula is C30H36F2N2O5. The van der Waals surface area contributed by atoms with Crippen LogP contribution in [-0.2, 0) is 16.1 Å². The molecule has 1 saturated carbocycles. The van der Waals surface area contributed by atoms with Gasteiger partial charge >= 0.3 is 12.3 Å². The molecule has 0 spiro atoms. The van der Waals surface area contributed by atoms with Gasteiger partial charge in [0.25, 0.3) is 0 Å². The summed E-state index contributed by atoms with van der Waals surface area (Å²) in [5.41, 5.74) is 1.08. The molecule has 2 aromatic carbocycles. The van der Waals surface area contributed by atoms with Crippen molar-refractivity contribution in [3.63, 3.8) is 0 Å². The van der Waals surface area contributed by atoms with Crippen molar-refractivity contribution in [3.05, 3.63) is 59.7 Å². The van der Waals surface area contributed by atoms with E-state index in [1.807, 2.05) is 51.1 Å². The third-order valence-corrected chi connectivity index (χ3v) is 8.28. The first-order valence-electron chi connectivity index (χ1n) is 13.7. The topological polar surface area (TPSA) is 88.1 Å². The number of carbonyl (C=O) groups is 2. The maximum Gasteiger partial charge on any atom is 0.586 e. The van der Waals surface area contributed by atoms with E-state index in [9.17, 15) is 23.5 Å². The smallest absolute Gasteiger partial charge is 0.480 e. The lowest BCUT2D eigenvalue weighted by molar-refractivity contribution is -0.286. The van der Waals surface area contributed by atoms with Crippen LogP contribution in [0.3, 0.4) is 0 Å². The largest absolute Gasteiger partial charge is 0.586 e. The molecule has 9 heteroatoms. The molecule has 1 aliphatic carbocycles. The Morgan fingerprint density at radius 1 is 1.03 bits per heavy atom. The normalized spacial score (nSPS) is 26.5. The third kappa shape index (κ3) is 5.46. The van der Waals surface area contributed by atoms with Gasteiger partial charge in [0, 0.05) is 24.4 Å². The van der Waals surface area contributed by atoms with Gasteiger partial charge in [0.05, 0.1) is 6.04 Å². The zero-order chi connectivity index (χ0) is 27.9. The van der Waals surface area contributed by atoms with Crippen LogP contribution in [0.15, 0.2) is 48.5 Å². The molecule has 0 bridgehead atoms. The molecule has 2 heterocycles. The molecule has 3 aliphatic rings. The summed E-state index contributed by atoms with van der Waals surface area (Å²) in [7, 11) is 0. The van der Waals surface area contributed by atoms with E-state index in [1.54, 1.807) is 11.0 Å². The Hall–Kier alpha value is -3.20. The highest BCUT2D eigenvalue weighted by molar-refractivity contribution is 5.87. The average molecular weight is 543 g/mol. The number of halogens is 2. The first-order chi connectivity index (χ1) is 18.5. The van der Waals surface area contributed by atoms with Crippen molar-refractivity contribution in [1.82, 2.24) is 10.2 Å². The van der Waals surface area contributed by atoms with Crippen LogP contribution in [0.25, 0.3) is 0 Å². The summed E-state index contributed by atoms with van der Waals surface area (Å²) in [4.78, 5) is 28.7. The molecule has 2 fully saturated rings. The Morgan fingerprint density at radius 3 is 2.33 bits per heavy atom. The highest BCUT2D eigenvalue weighted by Gasteiger charge is 2.58. The summed E-state index contributed by atoms with van der Waals surface area (Å²) in [6, 6.07) is 12.2. The monoisotopic (exact) mass is 542 g/mol. The standard InChI is InChI=1S/C30H36F2N2O5/c1-29(2,3)23-24(33-17-18-14-15-21-22(16-18)39-30(31,32)38-21)25(19-10-6-4-7-11-19)34(26(23)28(36)37)27(35)20-12-8-5-9-13-20/h4,6-7,10-11,14-16,20,23-26,33H,5,8-9,12-13,17H2,1-3H3,(H,36,37)/t23-,24-,25-,26-/m0/s1. The molecule has 39 heavy (non-hydrogen) atoms. The van der Waals surface area contributed by atoms with Crippen molar-refractivity contribution in [2.24, 2.45) is 17.3 Å². The fourth-order valence-electron chi connectivity index (χ4n) is 6.63. The zero-order valence-corrected chi connectivity index (χ0v) is 22.5. The van der Waals surface area contributed by atoms with E-state index in [0.717, 1.165) is 37.7 Å². The number of aliphatic carboxylic acids is 1. The number of alkyl halides is 2. The molecule has 0 unspecified atom stereocenters. The highest BCUT2D eigenvalue weighted by atomic mass is 19.3. The predicted octanol–water partition coefficient (Wildman–Crippen LogP) is 5.75. The van der Waals surface area contributed by atoms with Gasteiger partial charge in [0.15, 0.2) is 11.5 Å². The molecule has 2 aliphatic heterocycles. The van der Waals surface area contributed by atoms with Crippen molar-refractivity contribution in [2.45, 2.75) is 83.8 Å². The quantitative estimate of drug-likeness (QED) is 0.484. The molecular weight excluding hydrogens is 506 g/mol. The summed E-state index contributed by atoms with van der Waals surface area (Å²) in [5.74, 6) is -1.81. The number of ether oxygens (including phenoxy) is 2. The van der Waals surface area contributed by atoms with E-state index < -0.39 is 41.7 Å². The number of likely N-dealkylation sites (tertiary alicyclic amines) is 1. The minimum absolute atomic E-state index is 0.0328. The molecule has 0 aromatic heterocycles. The maximum absolute atomic E-state index is 14.1. The summed E-state index contributed by atoms with van der Waals surface area (Å²) < 4.78 is 36.3. The minimum atomic E-state index is -3.70. The minimum Gasteiger partial charge on any atom is -0.480 e. The number of hydrogen-bond acceptors (Lipinski definition) is 5. The molecule has 2 aromatic rings. The average Bonchev–Trinajstić information content (AvgIpc) is 3.41. The van der Waals surface area contributed by atoms with Crippen LogP contribution in [0.5, 0.6) is 11.5 Å². The number of rotatable bonds is 6. The first-order valence-corrected chi connectivity index (χ1v) is 13.7. The lowest BCUT2D eigenvalue weighted by atomic mass is 9.72. The number of carboxylic acid groups (broad SMARTS) is 1. The first kappa shape index (κ1) is 27.4. The fourth-order valence-corrected chi connectivity index (χ4v) is 6.63. The number of nitrogens with one attached hydrogen (secondary N) is 1. The van der Waals surface area contributed by atoms with Crippen LogP contribution >= 0.6 is 0 Å². The van der Waals surface area contributed by atoms with Gasteiger partial charge in [-0.05, 0) is 41.5 Å². The lowest BCUT2D eigenvalue weighted by Crippen LogP contribution is -2.49. The zero-order valence-electron chi connectivity index (χ0n) is 22.5. The van der Waals surface area contributed by atoms with Crippen molar-refractivity contribution in [3.8, 4) is 11.5 Å². The maximum atomic E-state index is 14.1. The molecule has 210 valence electrons. The van der Waals surface area contributed by atoms with E-state index in [0.29, 0.717) is 5.56 Å². The molecule has 0 radical (unpaired) electrons. The van der Waals surface area contributed by atoms with Gasteiger partial charge in [0.1, 0.15) is 6.04 Å². The Labute approximate surface area is 227 Å². The lowest BCUT2D eigenvalue weighted by Gasteiger charge is -2.36. The van der Waals surface area contributed by atoms with E-state index in [1.165, 1.54) is 12.1 Å². The number of carboxylic acids is 1. The number of benzene rings is 2. The third-order valence-electron chi connectivity index (χ3n) is 8.28. The van der Waals surface area contributed by atoms with Crippen LogP contribution < -0.4 is 14.8 Å². The van der Waals surface area contributed by atoms with E-state index in [-0.39, 0.29) is 29.9 Å². The fraction of sp³-hybridized carbons (Fsp3) is 0.533. The Kier molecular flexibility index (Phi) is 7.31. The molecule has 4 atom stereocenters. The molecule has 7 nitrogen and oxygen atoms in total. The van der Waals surface area contributed by atoms with Gasteiger partial charge in [0.2, 0.25) is 5.91 Å². The number of amides is 1. The van der Waals surface area contributed by atoms with Crippen LogP contribution in [-0.4, -0.2) is 40.3 Å². The molecule has 5 rings (SSSR count). The van der Waals surface area contributed by atoms with Crippen molar-refractivity contribution in [2.75, 3.05) is 0 Å². The van der Waals surface area contributed by atoms with Gasteiger partial charge in [-0.2, -0.15) is 0 Å². The second kappa shape index (κ2) is 10.4. The van der Waals surface area contributed by atoms with Crippen molar-refractivity contribution in [1.29, 1.82) is 0 Å². The summed E-state index contributed by atoms with van der Waals surface area (Å²) in [5, 5.41) is 14.1. The van der Waals surface area contributed by atoms with E-state index >= 15 is 0 Å². The van der Waals surface area contributed by atoms with Gasteiger partial charge in [-0.15, -0.1) is 8.78 Å². The summed E-state index contributed by atoms with van der Waals surface area (Å²) in [6.07, 6.45) is 0.846. The number of hydrogen-bond donors (Lipinski definition) is 2. The second-order valence-electron chi connectivity index (χ2n) is 12.0.